The standard InChI is InChI=1S/C12H7N3O3.H3O4P/c16-15(17)12-9(5-6-18-12)11-13-7-8-3-1-2-4-10(8)14-11;1-5(2,3)4/h1-7H;(H3,1,2,3,4). The molecule has 0 radical (unpaired) electrons. The van der Waals surface area contributed by atoms with Crippen LogP contribution in [0.15, 0.2) is 47.2 Å². The number of benzene rings is 1. The molecule has 2 aromatic heterocycles. The lowest BCUT2D eigenvalue weighted by Gasteiger charge is -1.99. The third-order valence-corrected chi connectivity index (χ3v) is 2.54. The molecule has 0 unspecified atom stereocenters. The van der Waals surface area contributed by atoms with Gasteiger partial charge in [0.15, 0.2) is 5.82 Å². The van der Waals surface area contributed by atoms with E-state index in [4.69, 9.17) is 23.7 Å². The van der Waals surface area contributed by atoms with Crippen molar-refractivity contribution in [2.75, 3.05) is 0 Å². The third kappa shape index (κ3) is 4.66. The van der Waals surface area contributed by atoms with Crippen molar-refractivity contribution in [3.8, 4) is 11.4 Å². The Morgan fingerprint density at radius 2 is 1.83 bits per heavy atom. The van der Waals surface area contributed by atoms with Gasteiger partial charge < -0.3 is 19.1 Å². The SMILES string of the molecule is O=P(O)(O)O.O=[N+]([O-])c1occc1-c1ncc2ccccc2n1. The predicted molar refractivity (Wildman–Crippen MR) is 78.2 cm³/mol. The molecule has 0 bridgehead atoms. The van der Waals surface area contributed by atoms with Gasteiger partial charge in [-0.3, -0.25) is 10.1 Å². The van der Waals surface area contributed by atoms with Gasteiger partial charge in [0.05, 0.1) is 11.8 Å². The topological polar surface area (TPSA) is 160 Å². The summed E-state index contributed by atoms with van der Waals surface area (Å²) in [7, 11) is -4.64. The van der Waals surface area contributed by atoms with E-state index < -0.39 is 12.7 Å². The minimum Gasteiger partial charge on any atom is -0.409 e. The van der Waals surface area contributed by atoms with Crippen molar-refractivity contribution in [1.29, 1.82) is 0 Å². The van der Waals surface area contributed by atoms with E-state index in [2.05, 4.69) is 9.97 Å². The van der Waals surface area contributed by atoms with Gasteiger partial charge in [0.1, 0.15) is 10.5 Å². The lowest BCUT2D eigenvalue weighted by molar-refractivity contribution is -0.401. The van der Waals surface area contributed by atoms with E-state index in [-0.39, 0.29) is 17.3 Å². The first-order valence-electron chi connectivity index (χ1n) is 5.98. The molecule has 120 valence electrons. The van der Waals surface area contributed by atoms with E-state index in [0.29, 0.717) is 0 Å². The molecule has 1 aromatic carbocycles. The lowest BCUT2D eigenvalue weighted by atomic mass is 10.2. The molecule has 0 aliphatic rings. The van der Waals surface area contributed by atoms with Gasteiger partial charge in [0.25, 0.3) is 0 Å². The molecule has 11 heteroatoms. The Labute approximate surface area is 128 Å². The number of fused-ring (bicyclic) bond motifs is 1. The summed E-state index contributed by atoms with van der Waals surface area (Å²) in [4.78, 5) is 40.2. The number of aromatic nitrogens is 2. The summed E-state index contributed by atoms with van der Waals surface area (Å²) < 4.78 is 13.7. The molecule has 0 saturated carbocycles. The number of phosphoric acid groups is 1. The van der Waals surface area contributed by atoms with Crippen LogP contribution in [0, 0.1) is 10.1 Å². The van der Waals surface area contributed by atoms with Gasteiger partial charge in [-0.2, -0.15) is 0 Å². The molecule has 0 aliphatic heterocycles. The van der Waals surface area contributed by atoms with Crippen molar-refractivity contribution in [2.45, 2.75) is 0 Å². The molecule has 0 atom stereocenters. The molecule has 23 heavy (non-hydrogen) atoms. The van der Waals surface area contributed by atoms with Gasteiger partial charge >= 0.3 is 13.7 Å². The van der Waals surface area contributed by atoms with Crippen LogP contribution in [0.25, 0.3) is 22.3 Å². The minimum absolute atomic E-state index is 0.283. The maximum absolute atomic E-state index is 10.8. The van der Waals surface area contributed by atoms with Crippen LogP contribution in [-0.2, 0) is 4.57 Å². The first-order chi connectivity index (χ1) is 10.8. The van der Waals surface area contributed by atoms with Crippen molar-refractivity contribution in [1.82, 2.24) is 9.97 Å². The molecule has 2 heterocycles. The number of hydrogen-bond acceptors (Lipinski definition) is 6. The highest BCUT2D eigenvalue weighted by Crippen LogP contribution is 2.29. The largest absolute Gasteiger partial charge is 0.466 e. The smallest absolute Gasteiger partial charge is 0.409 e. The monoisotopic (exact) mass is 339 g/mol. The number of para-hydroxylation sites is 1. The van der Waals surface area contributed by atoms with Crippen molar-refractivity contribution < 1.29 is 28.6 Å². The number of rotatable bonds is 2. The Balaban J connectivity index is 0.000000338. The van der Waals surface area contributed by atoms with Crippen molar-refractivity contribution in [3.63, 3.8) is 0 Å². The van der Waals surface area contributed by atoms with Crippen LogP contribution in [0.4, 0.5) is 5.88 Å². The molecule has 3 aromatic rings. The second-order valence-electron chi connectivity index (χ2n) is 4.16. The van der Waals surface area contributed by atoms with Gasteiger partial charge in [0.2, 0.25) is 0 Å². The zero-order valence-corrected chi connectivity index (χ0v) is 12.2. The van der Waals surface area contributed by atoms with Crippen LogP contribution in [-0.4, -0.2) is 29.6 Å². The van der Waals surface area contributed by atoms with Crippen molar-refractivity contribution in [3.05, 3.63) is 52.9 Å². The highest BCUT2D eigenvalue weighted by atomic mass is 31.2. The van der Waals surface area contributed by atoms with E-state index in [1.54, 1.807) is 6.20 Å². The average molecular weight is 339 g/mol. The molecular formula is C12H10N3O7P. The summed E-state index contributed by atoms with van der Waals surface area (Å²) in [5.74, 6) is -0.0561. The highest BCUT2D eigenvalue weighted by molar-refractivity contribution is 7.45. The zero-order valence-electron chi connectivity index (χ0n) is 11.3. The third-order valence-electron chi connectivity index (χ3n) is 2.54. The summed E-state index contributed by atoms with van der Waals surface area (Å²) in [5.41, 5.74) is 1.02. The van der Waals surface area contributed by atoms with Crippen LogP contribution in [0.2, 0.25) is 0 Å². The normalized spacial score (nSPS) is 10.9. The van der Waals surface area contributed by atoms with Crippen LogP contribution in [0.5, 0.6) is 0 Å². The van der Waals surface area contributed by atoms with E-state index in [9.17, 15) is 10.1 Å². The Bertz CT molecular complexity index is 881. The van der Waals surface area contributed by atoms with E-state index in [1.165, 1.54) is 12.3 Å². The molecule has 3 rings (SSSR count). The Hall–Kier alpha value is -2.65. The summed E-state index contributed by atoms with van der Waals surface area (Å²) in [6.07, 6.45) is 2.89. The average Bonchev–Trinajstić information content (AvgIpc) is 2.94. The van der Waals surface area contributed by atoms with Crippen LogP contribution >= 0.6 is 7.82 Å². The summed E-state index contributed by atoms with van der Waals surface area (Å²) in [5, 5.41) is 11.7. The van der Waals surface area contributed by atoms with Gasteiger partial charge in [-0.1, -0.05) is 18.2 Å². The highest BCUT2D eigenvalue weighted by Gasteiger charge is 2.21. The molecule has 10 nitrogen and oxygen atoms in total. The van der Waals surface area contributed by atoms with Crippen LogP contribution < -0.4 is 0 Å². The fourth-order valence-electron chi connectivity index (χ4n) is 1.71. The quantitative estimate of drug-likeness (QED) is 0.359. The first-order valence-corrected chi connectivity index (χ1v) is 7.54. The lowest BCUT2D eigenvalue weighted by Crippen LogP contribution is -1.93. The minimum atomic E-state index is -4.64. The van der Waals surface area contributed by atoms with Crippen LogP contribution in [0.3, 0.4) is 0 Å². The Kier molecular flexibility index (Phi) is 4.82. The Morgan fingerprint density at radius 1 is 1.17 bits per heavy atom. The van der Waals surface area contributed by atoms with Crippen molar-refractivity contribution >= 4 is 24.6 Å². The fourth-order valence-corrected chi connectivity index (χ4v) is 1.71. The van der Waals surface area contributed by atoms with E-state index in [1.807, 2.05) is 24.3 Å². The van der Waals surface area contributed by atoms with Crippen molar-refractivity contribution in [2.24, 2.45) is 0 Å². The summed E-state index contributed by atoms with van der Waals surface area (Å²) in [6, 6.07) is 8.92. The fraction of sp³-hybridized carbons (Fsp3) is 0. The second kappa shape index (κ2) is 6.63. The molecule has 0 spiro atoms. The maximum Gasteiger partial charge on any atom is 0.466 e. The van der Waals surface area contributed by atoms with Gasteiger partial charge in [-0.15, -0.1) is 0 Å². The predicted octanol–water partition coefficient (Wildman–Crippen LogP) is 1.87. The summed E-state index contributed by atoms with van der Waals surface area (Å²) in [6.45, 7) is 0. The number of hydrogen-bond donors (Lipinski definition) is 3. The molecule has 3 N–H and O–H groups in total. The number of nitro groups is 1. The van der Waals surface area contributed by atoms with E-state index >= 15 is 0 Å². The van der Waals surface area contributed by atoms with E-state index in [0.717, 1.165) is 10.9 Å². The number of furan rings is 1. The molecular weight excluding hydrogens is 329 g/mol. The first kappa shape index (κ1) is 16.7. The molecule has 0 saturated heterocycles. The zero-order chi connectivity index (χ0) is 17.0. The Morgan fingerprint density at radius 3 is 2.48 bits per heavy atom. The molecule has 0 aliphatic carbocycles. The maximum atomic E-state index is 10.8. The van der Waals surface area contributed by atoms with Gasteiger partial charge in [-0.05, 0) is 12.1 Å². The van der Waals surface area contributed by atoms with Gasteiger partial charge in [0, 0.05) is 11.6 Å². The van der Waals surface area contributed by atoms with Crippen LogP contribution in [0.1, 0.15) is 0 Å². The molecule has 0 fully saturated rings. The second-order valence-corrected chi connectivity index (χ2v) is 5.19. The summed E-state index contributed by atoms with van der Waals surface area (Å²) >= 11 is 0. The number of nitrogens with zero attached hydrogens (tertiary/aromatic N) is 3. The molecule has 0 amide bonds. The van der Waals surface area contributed by atoms with Gasteiger partial charge in [-0.25, -0.2) is 14.5 Å².